The summed E-state index contributed by atoms with van der Waals surface area (Å²) in [5.74, 6) is 0.809. The van der Waals surface area contributed by atoms with Crippen LogP contribution in [0.25, 0.3) is 87.7 Å². The molecular formula is C42H25BN4O. The minimum absolute atomic E-state index is 0.809. The Hall–Kier alpha value is -6.40. The highest BCUT2D eigenvalue weighted by Crippen LogP contribution is 2.48. The highest BCUT2D eigenvalue weighted by atomic mass is 16.5. The molecule has 222 valence electrons. The molecule has 6 heteroatoms. The molecule has 7 aromatic carbocycles. The summed E-state index contributed by atoms with van der Waals surface area (Å²) in [6, 6.07) is 50.3. The maximum Gasteiger partial charge on any atom is 0.687 e. The maximum absolute atomic E-state index is 7.73. The number of benzene rings is 7. The van der Waals surface area contributed by atoms with Gasteiger partial charge in [0.05, 0.1) is 29.3 Å². The van der Waals surface area contributed by atoms with Gasteiger partial charge in [-0.05, 0) is 57.9 Å². The molecule has 0 N–H and O–H groups in total. The molecule has 0 saturated heterocycles. The normalized spacial score (nSPS) is 14.0. The topological polar surface area (TPSA) is 35.9 Å². The number of fused-ring (bicyclic) bond motifs is 14. The minimum Gasteiger partial charge on any atom is -0.619 e. The summed E-state index contributed by atoms with van der Waals surface area (Å²) in [5, 5.41) is 9.82. The Labute approximate surface area is 274 Å². The second kappa shape index (κ2) is 8.49. The lowest BCUT2D eigenvalue weighted by molar-refractivity contribution is -0.542. The number of hydrogen-bond donors (Lipinski definition) is 0. The van der Waals surface area contributed by atoms with Crippen molar-refractivity contribution in [2.24, 2.45) is 0 Å². The van der Waals surface area contributed by atoms with Crippen LogP contribution in [-0.4, -0.2) is 20.7 Å². The van der Waals surface area contributed by atoms with Gasteiger partial charge in [0, 0.05) is 43.6 Å². The molecule has 10 aromatic rings. The Balaban J connectivity index is 1.40. The monoisotopic (exact) mass is 612 g/mol. The summed E-state index contributed by atoms with van der Waals surface area (Å²) < 4.78 is 15.2. The van der Waals surface area contributed by atoms with Crippen LogP contribution in [0.2, 0.25) is 0 Å². The molecule has 5 nitrogen and oxygen atoms in total. The van der Waals surface area contributed by atoms with E-state index in [9.17, 15) is 0 Å². The molecule has 0 saturated carbocycles. The zero-order chi connectivity index (χ0) is 31.1. The van der Waals surface area contributed by atoms with E-state index >= 15 is 0 Å². The van der Waals surface area contributed by atoms with Crippen molar-refractivity contribution in [1.82, 2.24) is 13.9 Å². The molecule has 3 aromatic heterocycles. The van der Waals surface area contributed by atoms with Crippen molar-refractivity contribution >= 4 is 71.9 Å². The van der Waals surface area contributed by atoms with Crippen LogP contribution >= 0.6 is 0 Å². The van der Waals surface area contributed by atoms with Crippen molar-refractivity contribution in [1.29, 1.82) is 0 Å². The van der Waals surface area contributed by atoms with Gasteiger partial charge < -0.3 is 18.1 Å². The van der Waals surface area contributed by atoms with E-state index in [0.717, 1.165) is 50.3 Å². The first-order valence-electron chi connectivity index (χ1n) is 16.5. The van der Waals surface area contributed by atoms with Gasteiger partial charge in [-0.3, -0.25) is 4.98 Å². The largest absolute Gasteiger partial charge is 0.687 e. The average Bonchev–Trinajstić information content (AvgIpc) is 3.69. The number of hydrogen-bond acceptors (Lipinski definition) is 2. The molecule has 0 fully saturated rings. The van der Waals surface area contributed by atoms with Crippen molar-refractivity contribution in [2.75, 3.05) is 0 Å². The van der Waals surface area contributed by atoms with Crippen molar-refractivity contribution in [3.8, 4) is 28.3 Å². The lowest BCUT2D eigenvalue weighted by Crippen LogP contribution is -2.81. The Bertz CT molecular complexity index is 2870. The molecule has 0 amide bonds. The zero-order valence-electron chi connectivity index (χ0n) is 25.7. The molecule has 0 spiro atoms. The van der Waals surface area contributed by atoms with E-state index in [4.69, 9.17) is 9.64 Å². The molecule has 5 heterocycles. The smallest absolute Gasteiger partial charge is 0.619 e. The van der Waals surface area contributed by atoms with E-state index in [1.165, 1.54) is 43.1 Å². The van der Waals surface area contributed by atoms with Crippen LogP contribution in [0.5, 0.6) is 5.75 Å². The van der Waals surface area contributed by atoms with Crippen LogP contribution in [0.3, 0.4) is 0 Å². The van der Waals surface area contributed by atoms with E-state index in [1.54, 1.807) is 0 Å². The second-order valence-corrected chi connectivity index (χ2v) is 13.1. The summed E-state index contributed by atoms with van der Waals surface area (Å²) >= 11 is 0. The van der Waals surface area contributed by atoms with Gasteiger partial charge >= 0.3 is 6.75 Å². The standard InChI is InChI=1S/C42H25BN4O/c1-2-12-28(13-3-1)48-43-45-37(31-16-8-18-33-39-29-14-6-4-10-26(29)20-22-35(39)46(43)41(31)33)24-44-25-38(45)32-17-9-19-34-40-30-15-7-5-11-27(30)21-23-36(40)47(43)42(32)34/h1-25H. The van der Waals surface area contributed by atoms with Crippen molar-refractivity contribution in [2.45, 2.75) is 0 Å². The van der Waals surface area contributed by atoms with Crippen LogP contribution in [0.4, 0.5) is 0 Å². The van der Waals surface area contributed by atoms with Crippen molar-refractivity contribution in [3.05, 3.63) is 152 Å². The summed E-state index contributed by atoms with van der Waals surface area (Å²) in [7, 11) is 0. The van der Waals surface area contributed by atoms with Crippen LogP contribution in [-0.2, 0) is 0 Å². The molecule has 0 atom stereocenters. The summed E-state index contributed by atoms with van der Waals surface area (Å²) in [6.07, 6.45) is 4.04. The quantitative estimate of drug-likeness (QED) is 0.183. The van der Waals surface area contributed by atoms with Crippen LogP contribution in [0, 0.1) is 0 Å². The van der Waals surface area contributed by atoms with Gasteiger partial charge in [0.2, 0.25) is 0 Å². The predicted octanol–water partition coefficient (Wildman–Crippen LogP) is 9.31. The minimum atomic E-state index is -2.26. The molecular weight excluding hydrogens is 587 g/mol. The highest BCUT2D eigenvalue weighted by Gasteiger charge is 2.58. The van der Waals surface area contributed by atoms with Crippen molar-refractivity contribution < 1.29 is 9.13 Å². The molecule has 0 unspecified atom stereocenters. The summed E-state index contributed by atoms with van der Waals surface area (Å²) in [4.78, 5) is 4.92. The van der Waals surface area contributed by atoms with Gasteiger partial charge in [0.1, 0.15) is 0 Å². The molecule has 0 aliphatic carbocycles. The molecule has 2 aliphatic rings. The number of nitrogens with zero attached hydrogens (tertiary/aromatic N) is 4. The van der Waals surface area contributed by atoms with E-state index < -0.39 is 6.75 Å². The second-order valence-electron chi connectivity index (χ2n) is 13.1. The first-order chi connectivity index (χ1) is 23.8. The summed E-state index contributed by atoms with van der Waals surface area (Å²) in [6.45, 7) is -2.26. The number of para-hydroxylation sites is 3. The fraction of sp³-hybridized carbons (Fsp3) is 0. The molecule has 48 heavy (non-hydrogen) atoms. The lowest BCUT2D eigenvalue weighted by Gasteiger charge is -2.45. The van der Waals surface area contributed by atoms with Gasteiger partial charge in [-0.15, -0.1) is 0 Å². The Morgan fingerprint density at radius 1 is 0.479 bits per heavy atom. The SMILES string of the molecule is c1ccc(O[B-]23n4c5ccc6ccccc6c5c5cccc(c54)-c4cncc([n+]42)-c2cccc4c5c6ccccc6ccc5n3c24)cc1. The van der Waals surface area contributed by atoms with Crippen molar-refractivity contribution in [3.63, 3.8) is 0 Å². The van der Waals surface area contributed by atoms with Gasteiger partial charge in [-0.2, -0.15) is 0 Å². The van der Waals surface area contributed by atoms with E-state index in [2.05, 4.69) is 147 Å². The maximum atomic E-state index is 7.73. The Kier molecular flexibility index (Phi) is 4.39. The van der Waals surface area contributed by atoms with Gasteiger partial charge in [0.25, 0.3) is 0 Å². The molecule has 0 bridgehead atoms. The van der Waals surface area contributed by atoms with Crippen LogP contribution in [0.15, 0.2) is 152 Å². The van der Waals surface area contributed by atoms with Crippen LogP contribution < -0.4 is 9.13 Å². The fourth-order valence-electron chi connectivity index (χ4n) is 9.23. The Morgan fingerprint density at radius 3 is 1.54 bits per heavy atom. The third-order valence-electron chi connectivity index (χ3n) is 10.9. The average molecular weight is 613 g/mol. The molecule has 12 rings (SSSR count). The fourth-order valence-corrected chi connectivity index (χ4v) is 9.23. The third-order valence-corrected chi connectivity index (χ3v) is 10.9. The van der Waals surface area contributed by atoms with Gasteiger partial charge in [0.15, 0.2) is 11.4 Å². The van der Waals surface area contributed by atoms with Crippen LogP contribution in [0.1, 0.15) is 0 Å². The number of aromatic nitrogens is 4. The van der Waals surface area contributed by atoms with E-state index in [-0.39, 0.29) is 0 Å². The predicted molar refractivity (Wildman–Crippen MR) is 195 cm³/mol. The van der Waals surface area contributed by atoms with Gasteiger partial charge in [-0.1, -0.05) is 103 Å². The lowest BCUT2D eigenvalue weighted by atomic mass is 9.71. The highest BCUT2D eigenvalue weighted by molar-refractivity contribution is 6.69. The zero-order valence-corrected chi connectivity index (χ0v) is 25.7. The first-order valence-corrected chi connectivity index (χ1v) is 16.5. The Morgan fingerprint density at radius 2 is 0.979 bits per heavy atom. The first kappa shape index (κ1) is 24.8. The van der Waals surface area contributed by atoms with Gasteiger partial charge in [-0.25, -0.2) is 0 Å². The summed E-state index contributed by atoms with van der Waals surface area (Å²) in [5.41, 5.74) is 8.98. The number of rotatable bonds is 2. The third kappa shape index (κ3) is 2.75. The molecule has 0 radical (unpaired) electrons. The van der Waals surface area contributed by atoms with E-state index in [0.29, 0.717) is 0 Å². The molecule has 2 aliphatic heterocycles. The van der Waals surface area contributed by atoms with E-state index in [1.807, 2.05) is 18.5 Å².